The zero-order chi connectivity index (χ0) is 28.4. The van der Waals surface area contributed by atoms with Crippen molar-refractivity contribution in [2.24, 2.45) is 0 Å². The first-order valence-corrected chi connectivity index (χ1v) is 13.0. The number of phenolic OH excluding ortho intramolecular Hbond substituents is 2. The fourth-order valence-electron chi connectivity index (χ4n) is 5.58. The van der Waals surface area contributed by atoms with Crippen LogP contribution < -0.4 is 4.74 Å². The molecular formula is C35H28O5. The Hall–Kier alpha value is -4.68. The second kappa shape index (κ2) is 8.66. The maximum Gasteiger partial charge on any atom is 0.135 e. The van der Waals surface area contributed by atoms with Crippen molar-refractivity contribution < 1.29 is 25.2 Å². The minimum absolute atomic E-state index is 0.0607. The molecule has 0 amide bonds. The van der Waals surface area contributed by atoms with Crippen LogP contribution in [0, 0.1) is 23.7 Å². The van der Waals surface area contributed by atoms with E-state index in [1.807, 2.05) is 48.5 Å². The third-order valence-electron chi connectivity index (χ3n) is 7.12. The van der Waals surface area contributed by atoms with E-state index in [-0.39, 0.29) is 11.5 Å². The van der Waals surface area contributed by atoms with Gasteiger partial charge in [0, 0.05) is 34.4 Å². The average molecular weight is 529 g/mol. The largest absolute Gasteiger partial charge is 0.508 e. The van der Waals surface area contributed by atoms with Gasteiger partial charge in [-0.15, -0.1) is 0 Å². The van der Waals surface area contributed by atoms with Crippen molar-refractivity contribution in [1.82, 2.24) is 0 Å². The smallest absolute Gasteiger partial charge is 0.135 e. The Balaban J connectivity index is 1.73. The Labute approximate surface area is 233 Å². The minimum atomic E-state index is -1.15. The number of benzene rings is 4. The molecule has 0 atom stereocenters. The van der Waals surface area contributed by atoms with Crippen LogP contribution in [-0.2, 0) is 5.41 Å². The molecule has 0 saturated carbocycles. The SMILES string of the molecule is CC(C)(O)C#Cc1ccc2c(c1)C1(c3ccc(O)cc3Oc3cc(O)ccc31)c1cc(C#CC(C)(C)O)ccc1-2. The first-order valence-electron chi connectivity index (χ1n) is 13.0. The average Bonchev–Trinajstić information content (AvgIpc) is 3.15. The van der Waals surface area contributed by atoms with Gasteiger partial charge in [-0.05, 0) is 86.3 Å². The van der Waals surface area contributed by atoms with Gasteiger partial charge in [-0.1, -0.05) is 47.9 Å². The van der Waals surface area contributed by atoms with Crippen LogP contribution in [0.25, 0.3) is 11.1 Å². The number of hydrogen-bond acceptors (Lipinski definition) is 5. The van der Waals surface area contributed by atoms with E-state index in [0.717, 1.165) is 44.5 Å². The van der Waals surface area contributed by atoms with E-state index in [1.165, 1.54) is 0 Å². The molecule has 1 aliphatic carbocycles. The molecule has 0 fully saturated rings. The van der Waals surface area contributed by atoms with Gasteiger partial charge < -0.3 is 25.2 Å². The number of fused-ring (bicyclic) bond motifs is 9. The Morgan fingerprint density at radius 1 is 0.575 bits per heavy atom. The summed E-state index contributed by atoms with van der Waals surface area (Å²) in [7, 11) is 0. The molecule has 198 valence electrons. The molecule has 0 unspecified atom stereocenters. The summed E-state index contributed by atoms with van der Waals surface area (Å²) in [6, 6.07) is 22.2. The van der Waals surface area contributed by atoms with Crippen LogP contribution >= 0.6 is 0 Å². The Morgan fingerprint density at radius 3 is 1.40 bits per heavy atom. The third kappa shape index (κ3) is 4.17. The van der Waals surface area contributed by atoms with Crippen LogP contribution in [0.2, 0.25) is 0 Å². The number of aromatic hydroxyl groups is 2. The summed E-state index contributed by atoms with van der Waals surface area (Å²) in [5.74, 6) is 13.1. The molecule has 0 radical (unpaired) electrons. The monoisotopic (exact) mass is 528 g/mol. The van der Waals surface area contributed by atoms with Gasteiger partial charge >= 0.3 is 0 Å². The molecule has 1 heterocycles. The molecule has 5 nitrogen and oxygen atoms in total. The van der Waals surface area contributed by atoms with E-state index >= 15 is 0 Å². The van der Waals surface area contributed by atoms with Crippen molar-refractivity contribution in [3.63, 3.8) is 0 Å². The van der Waals surface area contributed by atoms with Crippen LogP contribution in [-0.4, -0.2) is 31.6 Å². The van der Waals surface area contributed by atoms with Gasteiger partial charge in [0.1, 0.15) is 34.2 Å². The van der Waals surface area contributed by atoms with Gasteiger partial charge in [0.15, 0.2) is 0 Å². The van der Waals surface area contributed by atoms with Gasteiger partial charge in [-0.3, -0.25) is 0 Å². The molecule has 1 aliphatic heterocycles. The van der Waals surface area contributed by atoms with Gasteiger partial charge in [0.2, 0.25) is 0 Å². The fraction of sp³-hybridized carbons (Fsp3) is 0.200. The number of rotatable bonds is 0. The standard InChI is InChI=1S/C35H28O5/c1-33(2,38)15-13-21-5-9-25-26-10-6-22(14-16-34(3,4)39)18-30(26)35(29(25)17-21)27-11-7-23(36)19-31(27)40-32-20-24(37)8-12-28(32)35/h5-12,17-20,36-39H,1-4H3. The first kappa shape index (κ1) is 25.6. The minimum Gasteiger partial charge on any atom is -0.508 e. The van der Waals surface area contributed by atoms with Crippen LogP contribution in [0.5, 0.6) is 23.0 Å². The van der Waals surface area contributed by atoms with Crippen molar-refractivity contribution >= 4 is 0 Å². The summed E-state index contributed by atoms with van der Waals surface area (Å²) in [4.78, 5) is 0. The second-order valence-electron chi connectivity index (χ2n) is 11.4. The van der Waals surface area contributed by atoms with Crippen LogP contribution in [0.1, 0.15) is 61.1 Å². The predicted molar refractivity (Wildman–Crippen MR) is 154 cm³/mol. The number of phenols is 2. The molecule has 0 aromatic heterocycles. The summed E-state index contributed by atoms with van der Waals surface area (Å²) < 4.78 is 6.26. The molecule has 5 heteroatoms. The molecule has 1 spiro atoms. The van der Waals surface area contributed by atoms with Gasteiger partial charge in [0.25, 0.3) is 0 Å². The van der Waals surface area contributed by atoms with Crippen LogP contribution in [0.15, 0.2) is 72.8 Å². The van der Waals surface area contributed by atoms with E-state index in [9.17, 15) is 20.4 Å². The maximum atomic E-state index is 10.4. The van der Waals surface area contributed by atoms with E-state index in [0.29, 0.717) is 11.5 Å². The number of ether oxygens (including phenoxy) is 1. The molecule has 6 rings (SSSR count). The number of aliphatic hydroxyl groups is 2. The van der Waals surface area contributed by atoms with Gasteiger partial charge in [0.05, 0.1) is 5.41 Å². The van der Waals surface area contributed by atoms with Crippen molar-refractivity contribution in [3.05, 3.63) is 106 Å². The summed E-state index contributed by atoms with van der Waals surface area (Å²) in [6.45, 7) is 6.57. The molecule has 0 saturated heterocycles. The second-order valence-corrected chi connectivity index (χ2v) is 11.4. The molecule has 4 aromatic rings. The highest BCUT2D eigenvalue weighted by Crippen LogP contribution is 2.62. The normalized spacial score (nSPS) is 13.9. The molecule has 4 aromatic carbocycles. The molecule has 2 aliphatic rings. The predicted octanol–water partition coefficient (Wildman–Crippen LogP) is 5.81. The lowest BCUT2D eigenvalue weighted by Crippen LogP contribution is -2.32. The number of hydrogen-bond donors (Lipinski definition) is 4. The summed E-state index contributed by atoms with van der Waals surface area (Å²) in [6.07, 6.45) is 0. The first-order chi connectivity index (χ1) is 18.8. The molecule has 0 bridgehead atoms. The Kier molecular flexibility index (Phi) is 5.54. The third-order valence-corrected chi connectivity index (χ3v) is 7.12. The highest BCUT2D eigenvalue weighted by molar-refractivity contribution is 5.89. The quantitative estimate of drug-likeness (QED) is 0.187. The topological polar surface area (TPSA) is 90.2 Å². The van der Waals surface area contributed by atoms with E-state index in [1.54, 1.807) is 52.0 Å². The van der Waals surface area contributed by atoms with E-state index in [2.05, 4.69) is 23.7 Å². The van der Waals surface area contributed by atoms with Gasteiger partial charge in [-0.25, -0.2) is 0 Å². The molecular weight excluding hydrogens is 500 g/mol. The lowest BCUT2D eigenvalue weighted by molar-refractivity contribution is 0.143. The van der Waals surface area contributed by atoms with Gasteiger partial charge in [-0.2, -0.15) is 0 Å². The summed E-state index contributed by atoms with van der Waals surface area (Å²) >= 11 is 0. The molecule has 4 N–H and O–H groups in total. The summed E-state index contributed by atoms with van der Waals surface area (Å²) in [5.41, 5.74) is 3.86. The summed E-state index contributed by atoms with van der Waals surface area (Å²) in [5, 5.41) is 41.2. The maximum absolute atomic E-state index is 10.4. The highest BCUT2D eigenvalue weighted by Gasteiger charge is 2.51. The molecule has 40 heavy (non-hydrogen) atoms. The lowest BCUT2D eigenvalue weighted by atomic mass is 9.65. The zero-order valence-electron chi connectivity index (χ0n) is 22.6. The fourth-order valence-corrected chi connectivity index (χ4v) is 5.58. The van der Waals surface area contributed by atoms with Crippen LogP contribution in [0.4, 0.5) is 0 Å². The lowest BCUT2D eigenvalue weighted by Gasteiger charge is -2.39. The Bertz CT molecular complexity index is 1690. The van der Waals surface area contributed by atoms with Crippen molar-refractivity contribution in [3.8, 4) is 57.8 Å². The van der Waals surface area contributed by atoms with Crippen molar-refractivity contribution in [1.29, 1.82) is 0 Å². The highest BCUT2D eigenvalue weighted by atomic mass is 16.5. The van der Waals surface area contributed by atoms with Crippen molar-refractivity contribution in [2.45, 2.75) is 44.3 Å². The van der Waals surface area contributed by atoms with E-state index in [4.69, 9.17) is 4.74 Å². The van der Waals surface area contributed by atoms with E-state index < -0.39 is 16.6 Å². The zero-order valence-corrected chi connectivity index (χ0v) is 22.6. The van der Waals surface area contributed by atoms with Crippen molar-refractivity contribution in [2.75, 3.05) is 0 Å². The van der Waals surface area contributed by atoms with Crippen LogP contribution in [0.3, 0.4) is 0 Å². The Morgan fingerprint density at radius 2 is 1.00 bits per heavy atom.